The Kier molecular flexibility index (Phi) is 3.94. The fourth-order valence-corrected chi connectivity index (χ4v) is 2.06. The second kappa shape index (κ2) is 5.52. The van der Waals surface area contributed by atoms with Crippen LogP contribution in [0.4, 0.5) is 14.5 Å². The molecule has 0 aliphatic carbocycles. The van der Waals surface area contributed by atoms with Gasteiger partial charge in [-0.25, -0.2) is 8.78 Å². The molecule has 0 spiro atoms. The van der Waals surface area contributed by atoms with E-state index >= 15 is 0 Å². The van der Waals surface area contributed by atoms with Gasteiger partial charge in [0.1, 0.15) is 11.4 Å². The van der Waals surface area contributed by atoms with Crippen LogP contribution in [0.25, 0.3) is 11.4 Å². The minimum atomic E-state index is -1.29. The van der Waals surface area contributed by atoms with Crippen LogP contribution in [0.15, 0.2) is 12.1 Å². The first kappa shape index (κ1) is 15.0. The van der Waals surface area contributed by atoms with Gasteiger partial charge in [0.25, 0.3) is 5.69 Å². The van der Waals surface area contributed by atoms with E-state index in [0.717, 1.165) is 6.07 Å². The molecule has 0 fully saturated rings. The summed E-state index contributed by atoms with van der Waals surface area (Å²) in [5.74, 6) is -2.00. The van der Waals surface area contributed by atoms with Crippen LogP contribution in [0.2, 0.25) is 0 Å². The smallest absolute Gasteiger partial charge is 0.283 e. The molecule has 2 rings (SSSR count). The van der Waals surface area contributed by atoms with Gasteiger partial charge in [0, 0.05) is 6.04 Å². The average molecular weight is 297 g/mol. The van der Waals surface area contributed by atoms with Crippen molar-refractivity contribution in [1.82, 2.24) is 14.8 Å². The first-order valence-corrected chi connectivity index (χ1v) is 6.14. The lowest BCUT2D eigenvalue weighted by atomic mass is 10.1. The molecule has 0 bridgehead atoms. The van der Waals surface area contributed by atoms with Crippen LogP contribution in [-0.2, 0) is 6.54 Å². The molecule has 0 aliphatic heterocycles. The second-order valence-electron chi connectivity index (χ2n) is 4.65. The zero-order valence-electron chi connectivity index (χ0n) is 11.4. The number of hydrogen-bond acceptors (Lipinski definition) is 5. The molecule has 7 nitrogen and oxygen atoms in total. The topological polar surface area (TPSA) is 99.9 Å². The van der Waals surface area contributed by atoms with Crippen LogP contribution in [0.1, 0.15) is 25.7 Å². The Hall–Kier alpha value is -2.42. The van der Waals surface area contributed by atoms with Crippen LogP contribution in [-0.4, -0.2) is 19.7 Å². The summed E-state index contributed by atoms with van der Waals surface area (Å²) < 4.78 is 28.2. The van der Waals surface area contributed by atoms with Crippen molar-refractivity contribution < 1.29 is 13.7 Å². The van der Waals surface area contributed by atoms with E-state index in [9.17, 15) is 18.9 Å². The van der Waals surface area contributed by atoms with Gasteiger partial charge in [0.2, 0.25) is 0 Å². The molecule has 1 aromatic carbocycles. The number of aromatic nitrogens is 3. The van der Waals surface area contributed by atoms with E-state index in [1.165, 1.54) is 0 Å². The van der Waals surface area contributed by atoms with Gasteiger partial charge < -0.3 is 10.3 Å². The summed E-state index contributed by atoms with van der Waals surface area (Å²) in [7, 11) is 0. The maximum atomic E-state index is 13.5. The van der Waals surface area contributed by atoms with Crippen molar-refractivity contribution in [3.63, 3.8) is 0 Å². The molecule has 0 amide bonds. The fourth-order valence-electron chi connectivity index (χ4n) is 2.06. The highest BCUT2D eigenvalue weighted by Crippen LogP contribution is 2.32. The third-order valence-corrected chi connectivity index (χ3v) is 2.94. The number of hydrogen-bond donors (Lipinski definition) is 1. The number of nitrogens with two attached hydrogens (primary N) is 1. The highest BCUT2D eigenvalue weighted by atomic mass is 19.2. The van der Waals surface area contributed by atoms with Crippen LogP contribution in [0.3, 0.4) is 0 Å². The fraction of sp³-hybridized carbons (Fsp3) is 0.333. The summed E-state index contributed by atoms with van der Waals surface area (Å²) in [6, 6.07) is 1.13. The number of halogens is 2. The van der Waals surface area contributed by atoms with E-state index in [-0.39, 0.29) is 24.0 Å². The monoisotopic (exact) mass is 297 g/mol. The lowest BCUT2D eigenvalue weighted by Gasteiger charge is -2.13. The average Bonchev–Trinajstić information content (AvgIpc) is 2.84. The number of rotatable bonds is 4. The zero-order chi connectivity index (χ0) is 15.7. The Labute approximate surface area is 118 Å². The van der Waals surface area contributed by atoms with E-state index in [0.29, 0.717) is 11.9 Å². The molecular formula is C12H13F2N5O2. The van der Waals surface area contributed by atoms with E-state index in [1.54, 1.807) is 18.4 Å². The van der Waals surface area contributed by atoms with Crippen molar-refractivity contribution in [2.75, 3.05) is 0 Å². The molecule has 9 heteroatoms. The largest absolute Gasteiger partial charge is 0.324 e. The van der Waals surface area contributed by atoms with Crippen LogP contribution in [0.5, 0.6) is 0 Å². The third-order valence-electron chi connectivity index (χ3n) is 2.94. The molecule has 2 N–H and O–H groups in total. The van der Waals surface area contributed by atoms with Crippen molar-refractivity contribution in [1.29, 1.82) is 0 Å². The molecular weight excluding hydrogens is 284 g/mol. The van der Waals surface area contributed by atoms with E-state index in [1.807, 2.05) is 0 Å². The Bertz CT molecular complexity index is 699. The highest BCUT2D eigenvalue weighted by molar-refractivity contribution is 5.68. The Morgan fingerprint density at radius 1 is 1.33 bits per heavy atom. The minimum Gasteiger partial charge on any atom is -0.324 e. The SMILES string of the molecule is CC(C)n1c(CN)nnc1-c1cc(F)c(F)cc1[N+](=O)[O-]. The molecule has 0 unspecified atom stereocenters. The Balaban J connectivity index is 2.75. The number of nitro benzene ring substituents is 1. The van der Waals surface area contributed by atoms with Gasteiger partial charge in [-0.3, -0.25) is 10.1 Å². The highest BCUT2D eigenvalue weighted by Gasteiger charge is 2.25. The predicted octanol–water partition coefficient (Wildman–Crippen LogP) is 2.17. The number of benzene rings is 1. The normalized spacial score (nSPS) is 11.1. The van der Waals surface area contributed by atoms with E-state index in [2.05, 4.69) is 10.2 Å². The Morgan fingerprint density at radius 3 is 2.48 bits per heavy atom. The van der Waals surface area contributed by atoms with Crippen molar-refractivity contribution >= 4 is 5.69 Å². The van der Waals surface area contributed by atoms with Gasteiger partial charge in [-0.15, -0.1) is 10.2 Å². The second-order valence-corrected chi connectivity index (χ2v) is 4.65. The van der Waals surface area contributed by atoms with Gasteiger partial charge in [0.05, 0.1) is 17.5 Å². The van der Waals surface area contributed by atoms with Gasteiger partial charge in [-0.2, -0.15) is 0 Å². The summed E-state index contributed by atoms with van der Waals surface area (Å²) in [5, 5.41) is 18.7. The number of nitrogens with zero attached hydrogens (tertiary/aromatic N) is 4. The quantitative estimate of drug-likeness (QED) is 0.688. The molecule has 112 valence electrons. The standard InChI is InChI=1S/C12H13F2N5O2/c1-6(2)18-11(5-15)16-17-12(18)7-3-8(13)9(14)4-10(7)19(20)21/h3-4,6H,5,15H2,1-2H3. The number of nitro groups is 1. The molecule has 2 aromatic rings. The molecule has 0 atom stereocenters. The van der Waals surface area contributed by atoms with Crippen molar-refractivity contribution in [2.45, 2.75) is 26.4 Å². The van der Waals surface area contributed by atoms with Crippen LogP contribution < -0.4 is 5.73 Å². The summed E-state index contributed by atoms with van der Waals surface area (Å²) in [6.45, 7) is 3.68. The maximum absolute atomic E-state index is 13.5. The van der Waals surface area contributed by atoms with Gasteiger partial charge in [0.15, 0.2) is 17.5 Å². The molecule has 0 aliphatic rings. The molecule has 0 radical (unpaired) electrons. The predicted molar refractivity (Wildman–Crippen MR) is 70.3 cm³/mol. The Morgan fingerprint density at radius 2 is 1.95 bits per heavy atom. The van der Waals surface area contributed by atoms with Gasteiger partial charge in [-0.05, 0) is 19.9 Å². The van der Waals surface area contributed by atoms with E-state index in [4.69, 9.17) is 5.73 Å². The zero-order valence-corrected chi connectivity index (χ0v) is 11.4. The minimum absolute atomic E-state index is 0.0721. The molecule has 0 saturated carbocycles. The summed E-state index contributed by atoms with van der Waals surface area (Å²) >= 11 is 0. The molecule has 21 heavy (non-hydrogen) atoms. The first-order chi connectivity index (χ1) is 9.86. The van der Waals surface area contributed by atoms with Crippen LogP contribution in [0, 0.1) is 21.7 Å². The summed E-state index contributed by atoms with van der Waals surface area (Å²) in [6.07, 6.45) is 0. The molecule has 1 aromatic heterocycles. The molecule has 1 heterocycles. The van der Waals surface area contributed by atoms with Crippen LogP contribution >= 0.6 is 0 Å². The summed E-state index contributed by atoms with van der Waals surface area (Å²) in [5.41, 5.74) is 4.82. The van der Waals surface area contributed by atoms with Gasteiger partial charge in [-0.1, -0.05) is 0 Å². The van der Waals surface area contributed by atoms with E-state index < -0.39 is 22.2 Å². The lowest BCUT2D eigenvalue weighted by Crippen LogP contribution is -2.12. The summed E-state index contributed by atoms with van der Waals surface area (Å²) in [4.78, 5) is 10.3. The van der Waals surface area contributed by atoms with Crippen molar-refractivity contribution in [3.8, 4) is 11.4 Å². The van der Waals surface area contributed by atoms with Crippen molar-refractivity contribution in [2.24, 2.45) is 5.73 Å². The van der Waals surface area contributed by atoms with Gasteiger partial charge >= 0.3 is 0 Å². The van der Waals surface area contributed by atoms with Crippen molar-refractivity contribution in [3.05, 3.63) is 39.7 Å². The first-order valence-electron chi connectivity index (χ1n) is 6.14. The molecule has 0 saturated heterocycles. The third kappa shape index (κ3) is 2.59. The maximum Gasteiger partial charge on any atom is 0.283 e. The lowest BCUT2D eigenvalue weighted by molar-refractivity contribution is -0.384.